The Balaban J connectivity index is 1.89. The Morgan fingerprint density at radius 1 is 1.50 bits per heavy atom. The molecule has 1 fully saturated rings. The van der Waals surface area contributed by atoms with Gasteiger partial charge in [-0.2, -0.15) is 0 Å². The molecular formula is C14H15N3O3S2. The molecule has 1 aromatic carbocycles. The lowest BCUT2D eigenvalue weighted by molar-refractivity contribution is -0.141. The highest BCUT2D eigenvalue weighted by atomic mass is 32.2. The lowest BCUT2D eigenvalue weighted by Crippen LogP contribution is -2.35. The predicted octanol–water partition coefficient (Wildman–Crippen LogP) is 2.23. The summed E-state index contributed by atoms with van der Waals surface area (Å²) in [5.74, 6) is -0.153. The Hall–Kier alpha value is -1.77. The van der Waals surface area contributed by atoms with Crippen molar-refractivity contribution in [1.82, 2.24) is 9.88 Å². The predicted molar refractivity (Wildman–Crippen MR) is 88.0 cm³/mol. The van der Waals surface area contributed by atoms with E-state index in [2.05, 4.69) is 4.98 Å². The molecule has 6 nitrogen and oxygen atoms in total. The third-order valence-electron chi connectivity index (χ3n) is 3.58. The molecule has 1 saturated heterocycles. The number of carboxylic acids is 1. The first-order valence-electron chi connectivity index (χ1n) is 6.58. The minimum absolute atomic E-state index is 0.0886. The molecule has 0 aliphatic carbocycles. The molecule has 22 heavy (non-hydrogen) atoms. The third-order valence-corrected chi connectivity index (χ3v) is 5.88. The number of phenols is 1. The van der Waals surface area contributed by atoms with Crippen molar-refractivity contribution in [2.24, 2.45) is 0 Å². The first kappa shape index (κ1) is 15.1. The topological polar surface area (TPSA) is 99.7 Å². The number of benzene rings is 1. The van der Waals surface area contributed by atoms with Crippen LogP contribution in [0.25, 0.3) is 10.6 Å². The fraction of sp³-hybridized carbons (Fsp3) is 0.286. The molecule has 1 aromatic heterocycles. The lowest BCUT2D eigenvalue weighted by atomic mass is 10.2. The zero-order chi connectivity index (χ0) is 15.9. The van der Waals surface area contributed by atoms with E-state index >= 15 is 0 Å². The Morgan fingerprint density at radius 2 is 2.27 bits per heavy atom. The zero-order valence-corrected chi connectivity index (χ0v) is 13.4. The molecule has 1 aliphatic heterocycles. The number of hydrogen-bond donors (Lipinski definition) is 3. The Bertz CT molecular complexity index is 719. The van der Waals surface area contributed by atoms with Crippen molar-refractivity contribution in [1.29, 1.82) is 0 Å². The number of rotatable bonds is 3. The van der Waals surface area contributed by atoms with Crippen LogP contribution in [0.3, 0.4) is 0 Å². The minimum Gasteiger partial charge on any atom is -0.507 e. The first-order valence-corrected chi connectivity index (χ1v) is 8.51. The van der Waals surface area contributed by atoms with E-state index < -0.39 is 12.0 Å². The van der Waals surface area contributed by atoms with E-state index in [4.69, 9.17) is 5.73 Å². The van der Waals surface area contributed by atoms with Crippen molar-refractivity contribution in [3.8, 4) is 16.3 Å². The summed E-state index contributed by atoms with van der Waals surface area (Å²) in [6.45, 7) is 0. The molecule has 3 rings (SSSR count). The van der Waals surface area contributed by atoms with E-state index in [-0.39, 0.29) is 11.1 Å². The van der Waals surface area contributed by atoms with Crippen LogP contribution in [-0.4, -0.2) is 44.9 Å². The summed E-state index contributed by atoms with van der Waals surface area (Å²) in [6, 6.07) is 4.36. The maximum atomic E-state index is 11.2. The van der Waals surface area contributed by atoms with Gasteiger partial charge in [-0.05, 0) is 25.2 Å². The summed E-state index contributed by atoms with van der Waals surface area (Å²) in [7, 11) is 1.79. The lowest BCUT2D eigenvalue weighted by Gasteiger charge is -2.20. The molecule has 0 spiro atoms. The number of nitrogens with zero attached hydrogens (tertiary/aromatic N) is 2. The van der Waals surface area contributed by atoms with Crippen molar-refractivity contribution in [3.05, 3.63) is 29.3 Å². The summed E-state index contributed by atoms with van der Waals surface area (Å²) in [5, 5.41) is 21.6. The molecule has 2 atom stereocenters. The maximum Gasteiger partial charge on any atom is 0.321 e. The van der Waals surface area contributed by atoms with Gasteiger partial charge in [-0.25, -0.2) is 4.98 Å². The number of aromatic nitrogens is 1. The fourth-order valence-corrected chi connectivity index (χ4v) is 4.73. The van der Waals surface area contributed by atoms with Gasteiger partial charge in [0.1, 0.15) is 22.2 Å². The number of thioether (sulfide) groups is 1. The molecule has 2 heterocycles. The fourth-order valence-electron chi connectivity index (χ4n) is 2.37. The molecule has 0 amide bonds. The molecule has 8 heteroatoms. The normalized spacial score (nSPS) is 22.0. The van der Waals surface area contributed by atoms with Crippen LogP contribution in [0.4, 0.5) is 5.69 Å². The number of aliphatic carboxylic acids is 1. The molecule has 0 radical (unpaired) electrons. The number of likely N-dealkylation sites (N-methyl/N-ethyl adjacent to an activating group) is 1. The molecule has 116 valence electrons. The number of nitrogens with two attached hydrogens (primary N) is 1. The van der Waals surface area contributed by atoms with Crippen LogP contribution in [0.15, 0.2) is 23.6 Å². The quantitative estimate of drug-likeness (QED) is 0.583. The molecule has 1 aliphatic rings. The number of phenolic OH excluding ortho intramolecular Hbond substituents is 1. The van der Waals surface area contributed by atoms with Crippen LogP contribution < -0.4 is 5.73 Å². The standard InChI is InChI=1S/C14H15N3O3S2/c1-17-10(14(19)20)6-22-13(17)9-5-21-12(16-9)8-4-7(15)2-3-11(8)18/h2-5,10,13,18H,6,15H2,1H3,(H,19,20)/t10-,13?/m0/s1. The van der Waals surface area contributed by atoms with Gasteiger partial charge in [-0.3, -0.25) is 9.69 Å². The molecule has 0 saturated carbocycles. The van der Waals surface area contributed by atoms with Crippen LogP contribution in [0, 0.1) is 0 Å². The monoisotopic (exact) mass is 337 g/mol. The van der Waals surface area contributed by atoms with Gasteiger partial charge in [-0.1, -0.05) is 0 Å². The second-order valence-electron chi connectivity index (χ2n) is 5.06. The van der Waals surface area contributed by atoms with E-state index in [0.717, 1.165) is 5.69 Å². The Labute approximate surface area is 135 Å². The van der Waals surface area contributed by atoms with Crippen molar-refractivity contribution >= 4 is 34.8 Å². The van der Waals surface area contributed by atoms with Gasteiger partial charge >= 0.3 is 5.97 Å². The number of carbonyl (C=O) groups is 1. The van der Waals surface area contributed by atoms with Gasteiger partial charge < -0.3 is 15.9 Å². The molecule has 4 N–H and O–H groups in total. The van der Waals surface area contributed by atoms with Crippen LogP contribution in [0.2, 0.25) is 0 Å². The van der Waals surface area contributed by atoms with E-state index in [1.54, 1.807) is 37.0 Å². The number of aromatic hydroxyl groups is 1. The van der Waals surface area contributed by atoms with E-state index in [0.29, 0.717) is 22.0 Å². The van der Waals surface area contributed by atoms with Crippen molar-refractivity contribution in [3.63, 3.8) is 0 Å². The SMILES string of the molecule is CN1C(c2csc(-c3cc(N)ccc3O)n2)SC[C@H]1C(=O)O. The average Bonchev–Trinajstić information content (AvgIpc) is 3.07. The number of thiazole rings is 1. The van der Waals surface area contributed by atoms with E-state index in [1.165, 1.54) is 11.3 Å². The highest BCUT2D eigenvalue weighted by Gasteiger charge is 2.37. The highest BCUT2D eigenvalue weighted by molar-refractivity contribution is 7.99. The van der Waals surface area contributed by atoms with Gasteiger partial charge in [0.25, 0.3) is 0 Å². The largest absolute Gasteiger partial charge is 0.507 e. The maximum absolute atomic E-state index is 11.2. The van der Waals surface area contributed by atoms with Gasteiger partial charge in [-0.15, -0.1) is 23.1 Å². The van der Waals surface area contributed by atoms with Gasteiger partial charge in [0.15, 0.2) is 0 Å². The van der Waals surface area contributed by atoms with Crippen LogP contribution in [0.1, 0.15) is 11.1 Å². The number of anilines is 1. The Morgan fingerprint density at radius 3 is 2.95 bits per heavy atom. The average molecular weight is 337 g/mol. The zero-order valence-electron chi connectivity index (χ0n) is 11.8. The number of carboxylic acid groups (broad SMARTS) is 1. The van der Waals surface area contributed by atoms with Gasteiger partial charge in [0.05, 0.1) is 11.3 Å². The third kappa shape index (κ3) is 2.65. The van der Waals surface area contributed by atoms with Gasteiger partial charge in [0.2, 0.25) is 0 Å². The highest BCUT2D eigenvalue weighted by Crippen LogP contribution is 2.42. The molecular weight excluding hydrogens is 322 g/mol. The minimum atomic E-state index is -0.818. The summed E-state index contributed by atoms with van der Waals surface area (Å²) in [6.07, 6.45) is 0. The summed E-state index contributed by atoms with van der Waals surface area (Å²) in [4.78, 5) is 17.5. The number of hydrogen-bond acceptors (Lipinski definition) is 7. The summed E-state index contributed by atoms with van der Waals surface area (Å²) in [5.41, 5.74) is 7.71. The van der Waals surface area contributed by atoms with Crippen LogP contribution in [0.5, 0.6) is 5.75 Å². The summed E-state index contributed by atoms with van der Waals surface area (Å²) < 4.78 is 0. The van der Waals surface area contributed by atoms with Gasteiger partial charge in [0, 0.05) is 16.8 Å². The molecule has 0 bridgehead atoms. The van der Waals surface area contributed by atoms with Crippen LogP contribution in [-0.2, 0) is 4.79 Å². The van der Waals surface area contributed by atoms with Crippen LogP contribution >= 0.6 is 23.1 Å². The number of nitrogen functional groups attached to an aromatic ring is 1. The van der Waals surface area contributed by atoms with Crippen molar-refractivity contribution < 1.29 is 15.0 Å². The second kappa shape index (κ2) is 5.79. The van der Waals surface area contributed by atoms with E-state index in [1.807, 2.05) is 10.3 Å². The molecule has 1 unspecified atom stereocenters. The summed E-state index contributed by atoms with van der Waals surface area (Å²) >= 11 is 2.97. The first-order chi connectivity index (χ1) is 10.5. The Kier molecular flexibility index (Phi) is 3.98. The smallest absolute Gasteiger partial charge is 0.321 e. The van der Waals surface area contributed by atoms with Crippen molar-refractivity contribution in [2.75, 3.05) is 18.5 Å². The van der Waals surface area contributed by atoms with E-state index in [9.17, 15) is 15.0 Å². The second-order valence-corrected chi connectivity index (χ2v) is 7.03. The molecule has 2 aromatic rings. The van der Waals surface area contributed by atoms with Crippen molar-refractivity contribution in [2.45, 2.75) is 11.4 Å².